The van der Waals surface area contributed by atoms with E-state index in [-0.39, 0.29) is 0 Å². The number of benzene rings is 4. The summed E-state index contributed by atoms with van der Waals surface area (Å²) in [7, 11) is 0. The molecule has 196 valence electrons. The molecule has 0 radical (unpaired) electrons. The van der Waals surface area contributed by atoms with Crippen molar-refractivity contribution in [2.24, 2.45) is 0 Å². The lowest BCUT2D eigenvalue weighted by molar-refractivity contribution is 0.111. The molecule has 0 spiro atoms. The van der Waals surface area contributed by atoms with Crippen LogP contribution >= 0.6 is 0 Å². The van der Waals surface area contributed by atoms with Crippen LogP contribution in [0.3, 0.4) is 0 Å². The maximum Gasteiger partial charge on any atom is 0.150 e. The number of aldehydes is 2. The molecule has 0 aromatic heterocycles. The molecular weight excluding hydrogens is 468 g/mol. The minimum Gasteiger partial charge on any atom is -0.372 e. The Labute approximate surface area is 227 Å². The van der Waals surface area contributed by atoms with E-state index in [2.05, 4.69) is 60.0 Å². The normalized spacial score (nSPS) is 10.2. The van der Waals surface area contributed by atoms with Gasteiger partial charge in [-0.3, -0.25) is 9.59 Å². The van der Waals surface area contributed by atoms with Crippen LogP contribution in [0.15, 0.2) is 109 Å². The zero-order valence-electron chi connectivity index (χ0n) is 22.5. The summed E-state index contributed by atoms with van der Waals surface area (Å²) in [4.78, 5) is 26.0. The quantitative estimate of drug-likeness (QED) is 0.180. The monoisotopic (exact) mass is 506 g/mol. The van der Waals surface area contributed by atoms with Crippen molar-refractivity contribution in [2.45, 2.75) is 39.5 Å². The van der Waals surface area contributed by atoms with Crippen molar-refractivity contribution >= 4 is 35.3 Å². The second kappa shape index (κ2) is 15.8. The van der Waals surface area contributed by atoms with Crippen LogP contribution < -0.4 is 9.80 Å². The number of hydrogen-bond acceptors (Lipinski definition) is 4. The van der Waals surface area contributed by atoms with Crippen LogP contribution in [0.25, 0.3) is 0 Å². The van der Waals surface area contributed by atoms with Crippen molar-refractivity contribution in [3.8, 4) is 0 Å². The molecule has 0 heterocycles. The Hall–Kier alpha value is -4.18. The average molecular weight is 507 g/mol. The average Bonchev–Trinajstić information content (AvgIpc) is 2.99. The molecule has 4 aromatic rings. The van der Waals surface area contributed by atoms with Gasteiger partial charge >= 0.3 is 0 Å². The molecule has 0 bridgehead atoms. The molecule has 0 aliphatic rings. The number of nitrogens with zero attached hydrogens (tertiary/aromatic N) is 2. The van der Waals surface area contributed by atoms with Crippen LogP contribution in [0.2, 0.25) is 0 Å². The zero-order chi connectivity index (χ0) is 27.0. The van der Waals surface area contributed by atoms with Crippen LogP contribution in [-0.2, 0) is 0 Å². The molecule has 0 saturated heterocycles. The van der Waals surface area contributed by atoms with E-state index in [1.54, 1.807) is 0 Å². The standard InChI is InChI=1S/C19H15NO.C15H23NO/c21-15-16-11-13-19(14-12-16)20(17-7-3-1-4-8-17)18-9-5-2-6-10-18;1-3-5-11-16(12-6-4-2)15-9-7-14(13-17)8-10-15/h1-15H;7-10,13H,3-6,11-12H2,1-2H3. The third-order valence-electron chi connectivity index (χ3n) is 6.27. The van der Waals surface area contributed by atoms with E-state index in [1.807, 2.05) is 72.8 Å². The van der Waals surface area contributed by atoms with Gasteiger partial charge in [-0.2, -0.15) is 0 Å². The third kappa shape index (κ3) is 8.45. The van der Waals surface area contributed by atoms with Crippen LogP contribution in [0.1, 0.15) is 60.2 Å². The summed E-state index contributed by atoms with van der Waals surface area (Å²) >= 11 is 0. The van der Waals surface area contributed by atoms with Gasteiger partial charge in [-0.25, -0.2) is 0 Å². The van der Waals surface area contributed by atoms with E-state index >= 15 is 0 Å². The maximum absolute atomic E-state index is 10.8. The maximum atomic E-state index is 10.8. The lowest BCUT2D eigenvalue weighted by atomic mass is 10.1. The van der Waals surface area contributed by atoms with E-state index in [0.29, 0.717) is 5.56 Å². The number of anilines is 4. The number of unbranched alkanes of at least 4 members (excludes halogenated alkanes) is 2. The van der Waals surface area contributed by atoms with Crippen LogP contribution in [0, 0.1) is 0 Å². The van der Waals surface area contributed by atoms with Crippen molar-refractivity contribution < 1.29 is 9.59 Å². The molecule has 0 aliphatic carbocycles. The van der Waals surface area contributed by atoms with E-state index in [0.717, 1.165) is 48.3 Å². The largest absolute Gasteiger partial charge is 0.372 e. The summed E-state index contributed by atoms with van der Waals surface area (Å²) < 4.78 is 0. The zero-order valence-corrected chi connectivity index (χ0v) is 22.5. The van der Waals surface area contributed by atoms with E-state index in [4.69, 9.17) is 0 Å². The van der Waals surface area contributed by atoms with Gasteiger partial charge in [-0.1, -0.05) is 63.1 Å². The number of rotatable bonds is 12. The summed E-state index contributed by atoms with van der Waals surface area (Å²) in [6, 6.07) is 35.8. The van der Waals surface area contributed by atoms with Crippen molar-refractivity contribution in [1.29, 1.82) is 0 Å². The molecule has 4 nitrogen and oxygen atoms in total. The molecule has 0 saturated carbocycles. The highest BCUT2D eigenvalue weighted by Crippen LogP contribution is 2.33. The Kier molecular flexibility index (Phi) is 11.8. The number of hydrogen-bond donors (Lipinski definition) is 0. The SMILES string of the molecule is CCCCN(CCCC)c1ccc(C=O)cc1.O=Cc1ccc(N(c2ccccc2)c2ccccc2)cc1. The van der Waals surface area contributed by atoms with Crippen LogP contribution in [0.4, 0.5) is 22.7 Å². The lowest BCUT2D eigenvalue weighted by Crippen LogP contribution is -2.25. The Morgan fingerprint density at radius 3 is 1.24 bits per heavy atom. The molecule has 38 heavy (non-hydrogen) atoms. The fourth-order valence-electron chi connectivity index (χ4n) is 4.13. The number of carbonyl (C=O) groups is 2. The Bertz CT molecular complexity index is 1160. The van der Waals surface area contributed by atoms with Gasteiger partial charge in [-0.15, -0.1) is 0 Å². The van der Waals surface area contributed by atoms with Crippen LogP contribution in [-0.4, -0.2) is 25.7 Å². The molecule has 0 aliphatic heterocycles. The fourth-order valence-corrected chi connectivity index (χ4v) is 4.13. The summed E-state index contributed by atoms with van der Waals surface area (Å²) in [6.45, 7) is 6.65. The van der Waals surface area contributed by atoms with Gasteiger partial charge in [0.15, 0.2) is 0 Å². The molecular formula is C34H38N2O2. The second-order valence-electron chi connectivity index (χ2n) is 9.12. The number of para-hydroxylation sites is 2. The molecule has 4 heteroatoms. The van der Waals surface area contributed by atoms with E-state index < -0.39 is 0 Å². The molecule has 4 aromatic carbocycles. The Morgan fingerprint density at radius 2 is 0.868 bits per heavy atom. The molecule has 0 fully saturated rings. The fraction of sp³-hybridized carbons (Fsp3) is 0.235. The topological polar surface area (TPSA) is 40.6 Å². The molecule has 0 atom stereocenters. The predicted octanol–water partition coefficient (Wildman–Crippen LogP) is 8.87. The molecule has 0 unspecified atom stereocenters. The minimum atomic E-state index is 0.680. The molecule has 4 rings (SSSR count). The summed E-state index contributed by atoms with van der Waals surface area (Å²) in [6.07, 6.45) is 6.63. The number of carbonyl (C=O) groups excluding carboxylic acids is 2. The first-order valence-electron chi connectivity index (χ1n) is 13.5. The first-order valence-corrected chi connectivity index (χ1v) is 13.5. The van der Waals surface area contributed by atoms with Gasteiger partial charge < -0.3 is 9.80 Å². The van der Waals surface area contributed by atoms with Crippen molar-refractivity contribution in [3.05, 3.63) is 120 Å². The van der Waals surface area contributed by atoms with Crippen LogP contribution in [0.5, 0.6) is 0 Å². The van der Waals surface area contributed by atoms with Crippen molar-refractivity contribution in [1.82, 2.24) is 0 Å². The van der Waals surface area contributed by atoms with Gasteiger partial charge in [0.25, 0.3) is 0 Å². The van der Waals surface area contributed by atoms with E-state index in [1.165, 1.54) is 31.4 Å². The highest BCUT2D eigenvalue weighted by molar-refractivity contribution is 5.80. The van der Waals surface area contributed by atoms with E-state index in [9.17, 15) is 9.59 Å². The van der Waals surface area contributed by atoms with Crippen molar-refractivity contribution in [3.63, 3.8) is 0 Å². The highest BCUT2D eigenvalue weighted by Gasteiger charge is 2.11. The first kappa shape index (κ1) is 28.4. The Balaban J connectivity index is 0.000000216. The second-order valence-corrected chi connectivity index (χ2v) is 9.12. The van der Waals surface area contributed by atoms with Gasteiger partial charge in [0, 0.05) is 47.0 Å². The lowest BCUT2D eigenvalue weighted by Gasteiger charge is -2.25. The summed E-state index contributed by atoms with van der Waals surface area (Å²) in [5, 5.41) is 0. The highest BCUT2D eigenvalue weighted by atomic mass is 16.1. The molecule has 0 N–H and O–H groups in total. The third-order valence-corrected chi connectivity index (χ3v) is 6.27. The summed E-state index contributed by atoms with van der Waals surface area (Å²) in [5.41, 5.74) is 5.86. The Morgan fingerprint density at radius 1 is 0.500 bits per heavy atom. The predicted molar refractivity (Wildman–Crippen MR) is 160 cm³/mol. The van der Waals surface area contributed by atoms with Crippen molar-refractivity contribution in [2.75, 3.05) is 22.9 Å². The molecule has 0 amide bonds. The summed E-state index contributed by atoms with van der Waals surface area (Å²) in [5.74, 6) is 0. The van der Waals surface area contributed by atoms with Gasteiger partial charge in [0.2, 0.25) is 0 Å². The smallest absolute Gasteiger partial charge is 0.150 e. The first-order chi connectivity index (χ1) is 18.7. The minimum absolute atomic E-state index is 0.680. The van der Waals surface area contributed by atoms with Gasteiger partial charge in [0.05, 0.1) is 0 Å². The van der Waals surface area contributed by atoms with Gasteiger partial charge in [-0.05, 0) is 85.6 Å². The van der Waals surface area contributed by atoms with Gasteiger partial charge in [0.1, 0.15) is 12.6 Å².